The average Bonchev–Trinajstić information content (AvgIpc) is 2.27. The van der Waals surface area contributed by atoms with Gasteiger partial charge in [0.2, 0.25) is 0 Å². The minimum atomic E-state index is -0.230. The summed E-state index contributed by atoms with van der Waals surface area (Å²) in [6.07, 6.45) is 1.81. The lowest BCUT2D eigenvalue weighted by Crippen LogP contribution is -2.48. The van der Waals surface area contributed by atoms with Crippen molar-refractivity contribution in [1.82, 2.24) is 0 Å². The van der Waals surface area contributed by atoms with E-state index in [0.29, 0.717) is 6.61 Å². The van der Waals surface area contributed by atoms with Crippen LogP contribution in [0.1, 0.15) is 43.9 Å². The number of ether oxygens (including phenoxy) is 1. The van der Waals surface area contributed by atoms with E-state index < -0.39 is 0 Å². The molecule has 0 aromatic heterocycles. The molecule has 102 valence electrons. The van der Waals surface area contributed by atoms with Crippen molar-refractivity contribution in [3.05, 3.63) is 34.9 Å². The Balaban J connectivity index is 2.82. The van der Waals surface area contributed by atoms with Gasteiger partial charge in [0.05, 0.1) is 5.60 Å². The number of aryl methyl sites for hydroxylation is 2. The fraction of sp³-hybridized carbons (Fsp3) is 0.625. The molecular weight excluding hydrogens is 222 g/mol. The Kier molecular flexibility index (Phi) is 5.36. The summed E-state index contributed by atoms with van der Waals surface area (Å²) in [6, 6.07) is 6.66. The van der Waals surface area contributed by atoms with Gasteiger partial charge in [-0.2, -0.15) is 0 Å². The summed E-state index contributed by atoms with van der Waals surface area (Å²) in [4.78, 5) is 0. The van der Waals surface area contributed by atoms with Crippen molar-refractivity contribution >= 4 is 0 Å². The van der Waals surface area contributed by atoms with Crippen molar-refractivity contribution in [2.24, 2.45) is 5.73 Å². The quantitative estimate of drug-likeness (QED) is 0.839. The molecule has 2 atom stereocenters. The van der Waals surface area contributed by atoms with Crippen LogP contribution in [0.2, 0.25) is 0 Å². The Hall–Kier alpha value is -0.860. The minimum absolute atomic E-state index is 0.0312. The monoisotopic (exact) mass is 249 g/mol. The van der Waals surface area contributed by atoms with E-state index in [1.54, 1.807) is 0 Å². The number of rotatable bonds is 6. The van der Waals surface area contributed by atoms with Gasteiger partial charge < -0.3 is 10.5 Å². The number of nitrogens with two attached hydrogens (primary N) is 1. The zero-order chi connectivity index (χ0) is 13.8. The van der Waals surface area contributed by atoms with Gasteiger partial charge in [0.25, 0.3) is 0 Å². The highest BCUT2D eigenvalue weighted by Crippen LogP contribution is 2.22. The van der Waals surface area contributed by atoms with E-state index in [1.807, 2.05) is 6.92 Å². The first-order chi connectivity index (χ1) is 8.41. The Labute approximate surface area is 112 Å². The summed E-state index contributed by atoms with van der Waals surface area (Å²) in [6.45, 7) is 11.2. The summed E-state index contributed by atoms with van der Waals surface area (Å²) in [5.74, 6) is 0. The molecule has 2 unspecified atom stereocenters. The van der Waals surface area contributed by atoms with E-state index in [0.717, 1.165) is 12.8 Å². The molecule has 0 aliphatic rings. The number of hydrogen-bond donors (Lipinski definition) is 1. The van der Waals surface area contributed by atoms with Crippen LogP contribution in [0.3, 0.4) is 0 Å². The van der Waals surface area contributed by atoms with Crippen LogP contribution in [0.25, 0.3) is 0 Å². The molecule has 0 heterocycles. The van der Waals surface area contributed by atoms with E-state index in [2.05, 4.69) is 45.9 Å². The summed E-state index contributed by atoms with van der Waals surface area (Å²) < 4.78 is 5.85. The third-order valence-corrected chi connectivity index (χ3v) is 3.70. The molecule has 2 heteroatoms. The summed E-state index contributed by atoms with van der Waals surface area (Å²) in [5.41, 5.74) is 10.0. The first-order valence-electron chi connectivity index (χ1n) is 6.88. The van der Waals surface area contributed by atoms with Crippen molar-refractivity contribution in [1.29, 1.82) is 0 Å². The van der Waals surface area contributed by atoms with Gasteiger partial charge in [-0.1, -0.05) is 36.2 Å². The van der Waals surface area contributed by atoms with Gasteiger partial charge in [-0.15, -0.1) is 0 Å². The zero-order valence-corrected chi connectivity index (χ0v) is 12.4. The summed E-state index contributed by atoms with van der Waals surface area (Å²) >= 11 is 0. The smallest absolute Gasteiger partial charge is 0.0805 e. The van der Waals surface area contributed by atoms with E-state index in [1.165, 1.54) is 16.7 Å². The largest absolute Gasteiger partial charge is 0.374 e. The van der Waals surface area contributed by atoms with Crippen LogP contribution >= 0.6 is 0 Å². The molecule has 1 rings (SSSR count). The highest BCUT2D eigenvalue weighted by Gasteiger charge is 2.30. The van der Waals surface area contributed by atoms with Crippen LogP contribution in [0, 0.1) is 13.8 Å². The maximum Gasteiger partial charge on any atom is 0.0805 e. The average molecular weight is 249 g/mol. The second kappa shape index (κ2) is 6.35. The summed E-state index contributed by atoms with van der Waals surface area (Å²) in [5, 5.41) is 0. The molecule has 0 saturated carbocycles. The van der Waals surface area contributed by atoms with Crippen molar-refractivity contribution < 1.29 is 4.74 Å². The normalized spacial score (nSPS) is 16.3. The Morgan fingerprint density at radius 3 is 2.17 bits per heavy atom. The van der Waals surface area contributed by atoms with Gasteiger partial charge in [0.1, 0.15) is 0 Å². The lowest BCUT2D eigenvalue weighted by molar-refractivity contribution is -0.0461. The predicted molar refractivity (Wildman–Crippen MR) is 77.9 cm³/mol. The number of benzene rings is 1. The molecule has 2 nitrogen and oxygen atoms in total. The Morgan fingerprint density at radius 1 is 1.17 bits per heavy atom. The fourth-order valence-electron chi connectivity index (χ4n) is 2.46. The first kappa shape index (κ1) is 15.2. The molecule has 0 fully saturated rings. The topological polar surface area (TPSA) is 35.2 Å². The van der Waals surface area contributed by atoms with Crippen LogP contribution in [0.15, 0.2) is 18.2 Å². The predicted octanol–water partition coefficient (Wildman–Crippen LogP) is 3.38. The van der Waals surface area contributed by atoms with Crippen LogP contribution < -0.4 is 5.73 Å². The molecule has 2 N–H and O–H groups in total. The first-order valence-corrected chi connectivity index (χ1v) is 6.88. The van der Waals surface area contributed by atoms with E-state index in [-0.39, 0.29) is 11.6 Å². The molecule has 1 aromatic rings. The number of hydrogen-bond acceptors (Lipinski definition) is 2. The second-order valence-corrected chi connectivity index (χ2v) is 5.41. The summed E-state index contributed by atoms with van der Waals surface area (Å²) in [7, 11) is 0. The van der Waals surface area contributed by atoms with Gasteiger partial charge in [-0.05, 0) is 46.1 Å². The van der Waals surface area contributed by atoms with Crippen molar-refractivity contribution in [2.45, 2.75) is 59.1 Å². The van der Waals surface area contributed by atoms with Gasteiger partial charge in [0, 0.05) is 12.6 Å². The van der Waals surface area contributed by atoms with Crippen LogP contribution in [-0.4, -0.2) is 18.2 Å². The Bertz CT molecular complexity index is 368. The van der Waals surface area contributed by atoms with Gasteiger partial charge in [-0.25, -0.2) is 0 Å². The second-order valence-electron chi connectivity index (χ2n) is 5.41. The molecule has 0 aliphatic heterocycles. The van der Waals surface area contributed by atoms with Crippen LogP contribution in [0.4, 0.5) is 0 Å². The maximum absolute atomic E-state index is 6.36. The van der Waals surface area contributed by atoms with Crippen LogP contribution in [0.5, 0.6) is 0 Å². The molecular formula is C16H27NO. The fourth-order valence-corrected chi connectivity index (χ4v) is 2.46. The lowest BCUT2D eigenvalue weighted by Gasteiger charge is -2.34. The zero-order valence-electron chi connectivity index (χ0n) is 12.4. The third-order valence-electron chi connectivity index (χ3n) is 3.70. The van der Waals surface area contributed by atoms with Gasteiger partial charge in [-0.3, -0.25) is 0 Å². The van der Waals surface area contributed by atoms with E-state index in [9.17, 15) is 0 Å². The van der Waals surface area contributed by atoms with Crippen molar-refractivity contribution in [3.8, 4) is 0 Å². The third kappa shape index (κ3) is 3.82. The molecule has 1 aromatic carbocycles. The van der Waals surface area contributed by atoms with E-state index in [4.69, 9.17) is 10.5 Å². The van der Waals surface area contributed by atoms with Gasteiger partial charge in [0.15, 0.2) is 0 Å². The molecule has 0 saturated heterocycles. The lowest BCUT2D eigenvalue weighted by atomic mass is 9.88. The van der Waals surface area contributed by atoms with E-state index >= 15 is 0 Å². The Morgan fingerprint density at radius 2 is 1.72 bits per heavy atom. The SMILES string of the molecule is CCOC(C)(CC)C(N)Cc1cc(C)cc(C)c1. The van der Waals surface area contributed by atoms with Crippen LogP contribution in [-0.2, 0) is 11.2 Å². The molecule has 0 aliphatic carbocycles. The highest BCUT2D eigenvalue weighted by atomic mass is 16.5. The van der Waals surface area contributed by atoms with Crippen molar-refractivity contribution in [3.63, 3.8) is 0 Å². The molecule has 0 bridgehead atoms. The molecule has 0 spiro atoms. The molecule has 18 heavy (non-hydrogen) atoms. The highest BCUT2D eigenvalue weighted by molar-refractivity contribution is 5.29. The minimum Gasteiger partial charge on any atom is -0.374 e. The van der Waals surface area contributed by atoms with Crippen molar-refractivity contribution in [2.75, 3.05) is 6.61 Å². The molecule has 0 amide bonds. The van der Waals surface area contributed by atoms with Gasteiger partial charge >= 0.3 is 0 Å². The standard InChI is InChI=1S/C16H27NO/c1-6-16(5,18-7-2)15(17)11-14-9-12(3)8-13(4)10-14/h8-10,15H,6-7,11,17H2,1-5H3. The maximum atomic E-state index is 6.36. The molecule has 0 radical (unpaired) electrons.